The number of aromatic nitrogens is 1. The van der Waals surface area contributed by atoms with Crippen LogP contribution < -0.4 is 10.6 Å². The molecule has 0 aliphatic carbocycles. The molecule has 1 fully saturated rings. The summed E-state index contributed by atoms with van der Waals surface area (Å²) >= 11 is 1.14. The quantitative estimate of drug-likeness (QED) is 0.848. The number of aliphatic hydroxyl groups is 1. The van der Waals surface area contributed by atoms with E-state index in [0.29, 0.717) is 11.4 Å². The molecule has 1 aliphatic rings. The Morgan fingerprint density at radius 3 is 2.90 bits per heavy atom. The number of anilines is 2. The Morgan fingerprint density at radius 1 is 1.50 bits per heavy atom. The van der Waals surface area contributed by atoms with E-state index in [0.717, 1.165) is 37.3 Å². The molecule has 1 atom stereocenters. The molecule has 0 saturated carbocycles. The predicted molar refractivity (Wildman–Crippen MR) is 80.9 cm³/mol. The van der Waals surface area contributed by atoms with Crippen molar-refractivity contribution in [2.24, 2.45) is 0 Å². The van der Waals surface area contributed by atoms with Crippen LogP contribution in [0, 0.1) is 0 Å². The lowest BCUT2D eigenvalue weighted by molar-refractivity contribution is 0.262. The van der Waals surface area contributed by atoms with Crippen LogP contribution in [0.3, 0.4) is 0 Å². The summed E-state index contributed by atoms with van der Waals surface area (Å²) in [6.07, 6.45) is 3.73. The highest BCUT2D eigenvalue weighted by Gasteiger charge is 2.31. The summed E-state index contributed by atoms with van der Waals surface area (Å²) in [6, 6.07) is 0.166. The van der Waals surface area contributed by atoms with Crippen LogP contribution in [0.25, 0.3) is 0 Å². The standard InChI is InChI=1S/C12H21N3O3S2/c1-2-20(17,18)10-11(13)14-19-12(10)15-7-4-3-5-9(15)6-8-16/h9,16H,2-8H2,1H3,(H2,13,14). The summed E-state index contributed by atoms with van der Waals surface area (Å²) in [5.74, 6) is 0.112. The molecule has 2 heterocycles. The van der Waals surface area contributed by atoms with Crippen LogP contribution in [0.15, 0.2) is 4.90 Å². The van der Waals surface area contributed by atoms with Crippen molar-refractivity contribution in [1.82, 2.24) is 4.37 Å². The Labute approximate surface area is 123 Å². The van der Waals surface area contributed by atoms with Gasteiger partial charge in [-0.2, -0.15) is 4.37 Å². The third-order valence-electron chi connectivity index (χ3n) is 3.70. The van der Waals surface area contributed by atoms with Crippen LogP contribution in [0.2, 0.25) is 0 Å². The van der Waals surface area contributed by atoms with Gasteiger partial charge in [0, 0.05) is 19.2 Å². The summed E-state index contributed by atoms with van der Waals surface area (Å²) in [4.78, 5) is 2.24. The van der Waals surface area contributed by atoms with Crippen LogP contribution in [0.4, 0.5) is 10.8 Å². The normalized spacial score (nSPS) is 20.3. The van der Waals surface area contributed by atoms with E-state index in [1.165, 1.54) is 0 Å². The molecule has 3 N–H and O–H groups in total. The molecule has 114 valence electrons. The van der Waals surface area contributed by atoms with E-state index in [4.69, 9.17) is 5.73 Å². The fraction of sp³-hybridized carbons (Fsp3) is 0.750. The molecule has 0 aromatic carbocycles. The van der Waals surface area contributed by atoms with Crippen LogP contribution in [-0.2, 0) is 9.84 Å². The molecule has 2 rings (SSSR count). The summed E-state index contributed by atoms with van der Waals surface area (Å²) in [7, 11) is -3.39. The number of nitrogens with two attached hydrogens (primary N) is 1. The fourth-order valence-electron chi connectivity index (χ4n) is 2.62. The van der Waals surface area contributed by atoms with E-state index in [9.17, 15) is 13.5 Å². The second-order valence-corrected chi connectivity index (χ2v) is 7.93. The molecule has 1 aromatic rings. The molecule has 0 spiro atoms. The van der Waals surface area contributed by atoms with Gasteiger partial charge in [0.2, 0.25) is 0 Å². The zero-order valence-electron chi connectivity index (χ0n) is 11.6. The first-order valence-electron chi connectivity index (χ1n) is 6.86. The van der Waals surface area contributed by atoms with E-state index in [1.807, 2.05) is 0 Å². The molecule has 1 saturated heterocycles. The van der Waals surface area contributed by atoms with Crippen molar-refractivity contribution < 1.29 is 13.5 Å². The van der Waals surface area contributed by atoms with E-state index in [2.05, 4.69) is 9.27 Å². The Morgan fingerprint density at radius 2 is 2.25 bits per heavy atom. The maximum absolute atomic E-state index is 12.2. The van der Waals surface area contributed by atoms with Gasteiger partial charge < -0.3 is 15.7 Å². The van der Waals surface area contributed by atoms with Crippen molar-refractivity contribution in [1.29, 1.82) is 0 Å². The molecular formula is C12H21N3O3S2. The average molecular weight is 319 g/mol. The minimum atomic E-state index is -3.39. The van der Waals surface area contributed by atoms with Crippen molar-refractivity contribution in [2.45, 2.75) is 43.5 Å². The van der Waals surface area contributed by atoms with Crippen LogP contribution in [-0.4, -0.2) is 42.8 Å². The van der Waals surface area contributed by atoms with Gasteiger partial charge in [-0.25, -0.2) is 8.42 Å². The number of aliphatic hydroxyl groups excluding tert-OH is 1. The maximum Gasteiger partial charge on any atom is 0.184 e. The van der Waals surface area contributed by atoms with Gasteiger partial charge in [-0.05, 0) is 37.2 Å². The van der Waals surface area contributed by atoms with Crippen molar-refractivity contribution in [3.8, 4) is 0 Å². The Hall–Kier alpha value is -0.860. The zero-order valence-corrected chi connectivity index (χ0v) is 13.2. The smallest absolute Gasteiger partial charge is 0.184 e. The highest BCUT2D eigenvalue weighted by Crippen LogP contribution is 2.38. The summed E-state index contributed by atoms with van der Waals surface area (Å²) in [5, 5.41) is 9.82. The topological polar surface area (TPSA) is 96.5 Å². The van der Waals surface area contributed by atoms with Gasteiger partial charge in [0.15, 0.2) is 15.7 Å². The monoisotopic (exact) mass is 319 g/mol. The molecule has 6 nitrogen and oxygen atoms in total. The third-order valence-corrected chi connectivity index (χ3v) is 6.51. The third kappa shape index (κ3) is 2.91. The van der Waals surface area contributed by atoms with Gasteiger partial charge in [0.25, 0.3) is 0 Å². The summed E-state index contributed by atoms with van der Waals surface area (Å²) in [5.41, 5.74) is 5.77. The van der Waals surface area contributed by atoms with Crippen LogP contribution in [0.1, 0.15) is 32.6 Å². The number of hydrogen-bond donors (Lipinski definition) is 2. The minimum Gasteiger partial charge on any atom is -0.396 e. The second kappa shape index (κ2) is 6.28. The predicted octanol–water partition coefficient (Wildman–Crippen LogP) is 1.26. The lowest BCUT2D eigenvalue weighted by atomic mass is 10.00. The van der Waals surface area contributed by atoms with Crippen molar-refractivity contribution in [3.63, 3.8) is 0 Å². The molecule has 1 unspecified atom stereocenters. The molecule has 8 heteroatoms. The van der Waals surface area contributed by atoms with E-state index >= 15 is 0 Å². The number of nitrogens with zero attached hydrogens (tertiary/aromatic N) is 2. The van der Waals surface area contributed by atoms with Gasteiger partial charge in [-0.3, -0.25) is 0 Å². The lowest BCUT2D eigenvalue weighted by Gasteiger charge is -2.36. The molecule has 0 radical (unpaired) electrons. The summed E-state index contributed by atoms with van der Waals surface area (Å²) in [6.45, 7) is 2.50. The largest absolute Gasteiger partial charge is 0.396 e. The van der Waals surface area contributed by atoms with Gasteiger partial charge in [0.05, 0.1) is 5.75 Å². The highest BCUT2D eigenvalue weighted by molar-refractivity contribution is 7.91. The lowest BCUT2D eigenvalue weighted by Crippen LogP contribution is -2.40. The number of rotatable bonds is 5. The van der Waals surface area contributed by atoms with E-state index in [1.54, 1.807) is 6.92 Å². The zero-order chi connectivity index (χ0) is 14.8. The van der Waals surface area contributed by atoms with Gasteiger partial charge in [0.1, 0.15) is 9.90 Å². The number of hydrogen-bond acceptors (Lipinski definition) is 7. The number of sulfone groups is 1. The van der Waals surface area contributed by atoms with Crippen molar-refractivity contribution in [2.75, 3.05) is 29.5 Å². The Balaban J connectivity index is 2.41. The minimum absolute atomic E-state index is 0.0150. The molecule has 1 aromatic heterocycles. The molecular weight excluding hydrogens is 298 g/mol. The van der Waals surface area contributed by atoms with Crippen molar-refractivity contribution in [3.05, 3.63) is 0 Å². The highest BCUT2D eigenvalue weighted by atomic mass is 32.2. The van der Waals surface area contributed by atoms with Gasteiger partial charge in [-0.15, -0.1) is 0 Å². The van der Waals surface area contributed by atoms with Gasteiger partial charge >= 0.3 is 0 Å². The molecule has 0 amide bonds. The maximum atomic E-state index is 12.2. The van der Waals surface area contributed by atoms with Crippen LogP contribution in [0.5, 0.6) is 0 Å². The Kier molecular flexibility index (Phi) is 4.87. The Bertz CT molecular complexity index is 554. The first-order chi connectivity index (χ1) is 9.51. The average Bonchev–Trinajstić information content (AvgIpc) is 2.82. The van der Waals surface area contributed by atoms with E-state index < -0.39 is 9.84 Å². The number of piperidine rings is 1. The summed E-state index contributed by atoms with van der Waals surface area (Å²) < 4.78 is 28.5. The SMILES string of the molecule is CCS(=O)(=O)c1c(N)nsc1N1CCCCC1CCO. The molecule has 0 bridgehead atoms. The van der Waals surface area contributed by atoms with Crippen LogP contribution >= 0.6 is 11.5 Å². The van der Waals surface area contributed by atoms with E-state index in [-0.39, 0.29) is 29.1 Å². The number of nitrogen functional groups attached to an aromatic ring is 1. The van der Waals surface area contributed by atoms with Crippen molar-refractivity contribution >= 4 is 32.2 Å². The van der Waals surface area contributed by atoms with Gasteiger partial charge in [-0.1, -0.05) is 6.92 Å². The molecule has 20 heavy (non-hydrogen) atoms. The first kappa shape index (κ1) is 15.5. The fourth-order valence-corrected chi connectivity index (χ4v) is 5.02. The molecule has 1 aliphatic heterocycles. The second-order valence-electron chi connectivity index (χ2n) is 4.96. The first-order valence-corrected chi connectivity index (χ1v) is 9.29.